The zero-order chi connectivity index (χ0) is 15.1. The SMILES string of the molecule is B.COCCSCCOB(O)O.NC(CO)(CO)CO. The molecule has 0 amide bonds. The third kappa shape index (κ3) is 18.2. The van der Waals surface area contributed by atoms with Gasteiger partial charge in [-0.15, -0.1) is 0 Å². The molecule has 0 saturated carbocycles. The molecule has 0 aromatic rings. The Morgan fingerprint density at radius 1 is 1.05 bits per heavy atom. The van der Waals surface area contributed by atoms with Crippen molar-refractivity contribution in [3.05, 3.63) is 0 Å². The van der Waals surface area contributed by atoms with Crippen molar-refractivity contribution >= 4 is 27.5 Å². The lowest BCUT2D eigenvalue weighted by Crippen LogP contribution is -2.50. The van der Waals surface area contributed by atoms with Gasteiger partial charge < -0.3 is 40.5 Å². The molecule has 0 aliphatic rings. The molecule has 0 rings (SSSR count). The van der Waals surface area contributed by atoms with Crippen LogP contribution in [0.15, 0.2) is 0 Å². The lowest BCUT2D eigenvalue weighted by molar-refractivity contribution is 0.0697. The number of methoxy groups -OCH3 is 1. The van der Waals surface area contributed by atoms with Gasteiger partial charge in [0.1, 0.15) is 0 Å². The average molecular weight is 315 g/mol. The first-order valence-corrected chi connectivity index (χ1v) is 6.77. The van der Waals surface area contributed by atoms with Gasteiger partial charge in [0, 0.05) is 25.2 Å². The van der Waals surface area contributed by atoms with Gasteiger partial charge >= 0.3 is 7.32 Å². The van der Waals surface area contributed by atoms with E-state index in [2.05, 4.69) is 4.65 Å². The first-order chi connectivity index (χ1) is 8.95. The highest BCUT2D eigenvalue weighted by Gasteiger charge is 2.20. The highest BCUT2D eigenvalue weighted by atomic mass is 32.2. The number of rotatable bonds is 10. The molecule has 0 radical (unpaired) electrons. The van der Waals surface area contributed by atoms with Gasteiger partial charge in [-0.05, 0) is 0 Å². The summed E-state index contributed by atoms with van der Waals surface area (Å²) in [6.07, 6.45) is 0. The third-order valence-corrected chi connectivity index (χ3v) is 2.78. The Kier molecular flexibility index (Phi) is 21.6. The van der Waals surface area contributed by atoms with Crippen LogP contribution in [0.5, 0.6) is 0 Å². The van der Waals surface area contributed by atoms with Crippen LogP contribution >= 0.6 is 11.8 Å². The van der Waals surface area contributed by atoms with E-state index in [-0.39, 0.29) is 8.41 Å². The largest absolute Gasteiger partial charge is 0.633 e. The molecule has 0 fully saturated rings. The molecule has 0 saturated heterocycles. The normalized spacial score (nSPS) is 10.3. The minimum atomic E-state index is -1.64. The minimum Gasteiger partial charge on any atom is -0.402 e. The maximum Gasteiger partial charge on any atom is 0.633 e. The molecular weight excluding hydrogens is 288 g/mol. The topological polar surface area (TPSA) is 146 Å². The highest BCUT2D eigenvalue weighted by molar-refractivity contribution is 7.99. The molecule has 0 heterocycles. The molecule has 0 atom stereocenters. The van der Waals surface area contributed by atoms with Gasteiger partial charge in [0.25, 0.3) is 0 Å². The first-order valence-electron chi connectivity index (χ1n) is 5.61. The smallest absolute Gasteiger partial charge is 0.402 e. The van der Waals surface area contributed by atoms with Crippen LogP contribution in [-0.2, 0) is 9.39 Å². The fourth-order valence-electron chi connectivity index (χ4n) is 0.607. The van der Waals surface area contributed by atoms with Gasteiger partial charge in [-0.1, -0.05) is 0 Å². The molecular formula is C9H27B2NO7S. The summed E-state index contributed by atoms with van der Waals surface area (Å²) in [7, 11) is 0.00664. The lowest BCUT2D eigenvalue weighted by atomic mass is 10.1. The summed E-state index contributed by atoms with van der Waals surface area (Å²) in [5, 5.41) is 41.5. The van der Waals surface area contributed by atoms with Crippen LogP contribution in [0.4, 0.5) is 0 Å². The molecule has 0 aromatic carbocycles. The monoisotopic (exact) mass is 315 g/mol. The lowest BCUT2D eigenvalue weighted by Gasteiger charge is -2.20. The fraction of sp³-hybridized carbons (Fsp3) is 1.00. The van der Waals surface area contributed by atoms with E-state index in [0.29, 0.717) is 13.2 Å². The van der Waals surface area contributed by atoms with Gasteiger partial charge in [0.2, 0.25) is 0 Å². The Bertz CT molecular complexity index is 181. The summed E-state index contributed by atoms with van der Waals surface area (Å²) in [5.41, 5.74) is 3.94. The van der Waals surface area contributed by atoms with Crippen LogP contribution in [0.3, 0.4) is 0 Å². The molecule has 122 valence electrons. The van der Waals surface area contributed by atoms with Crippen LogP contribution in [-0.4, -0.2) is 98.3 Å². The highest BCUT2D eigenvalue weighted by Crippen LogP contribution is 1.98. The van der Waals surface area contributed by atoms with Crippen molar-refractivity contribution in [1.29, 1.82) is 0 Å². The number of aliphatic hydroxyl groups excluding tert-OH is 3. The van der Waals surface area contributed by atoms with E-state index in [0.717, 1.165) is 11.5 Å². The maximum atomic E-state index is 8.34. The maximum absolute atomic E-state index is 8.34. The Hall–Kier alpha value is 0.160. The van der Waals surface area contributed by atoms with Crippen molar-refractivity contribution in [3.63, 3.8) is 0 Å². The van der Waals surface area contributed by atoms with E-state index >= 15 is 0 Å². The van der Waals surface area contributed by atoms with E-state index in [4.69, 9.17) is 35.8 Å². The summed E-state index contributed by atoms with van der Waals surface area (Å²) in [4.78, 5) is 0. The summed E-state index contributed by atoms with van der Waals surface area (Å²) in [6.45, 7) is -0.140. The van der Waals surface area contributed by atoms with Gasteiger partial charge in [0.15, 0.2) is 0 Å². The number of nitrogens with two attached hydrogens (primary N) is 1. The van der Waals surface area contributed by atoms with Crippen LogP contribution in [0, 0.1) is 0 Å². The average Bonchev–Trinajstić information content (AvgIpc) is 2.42. The molecule has 8 nitrogen and oxygen atoms in total. The fourth-order valence-corrected chi connectivity index (χ4v) is 1.31. The second-order valence-corrected chi connectivity index (χ2v) is 4.86. The Labute approximate surface area is 126 Å². The van der Waals surface area contributed by atoms with Crippen LogP contribution in [0.1, 0.15) is 0 Å². The van der Waals surface area contributed by atoms with Crippen LogP contribution in [0.25, 0.3) is 0 Å². The predicted octanol–water partition coefficient (Wildman–Crippen LogP) is -4.17. The molecule has 0 bridgehead atoms. The van der Waals surface area contributed by atoms with Crippen molar-refractivity contribution < 1.29 is 34.8 Å². The predicted molar refractivity (Wildman–Crippen MR) is 83.5 cm³/mol. The molecule has 0 unspecified atom stereocenters. The van der Waals surface area contributed by atoms with Crippen molar-refractivity contribution in [2.75, 3.05) is 51.6 Å². The van der Waals surface area contributed by atoms with E-state index in [1.165, 1.54) is 0 Å². The molecule has 0 aliphatic heterocycles. The van der Waals surface area contributed by atoms with Crippen molar-refractivity contribution in [2.24, 2.45) is 5.73 Å². The standard InChI is InChI=1S/C5H13BO4S.C4H11NO3.BH3/c1-9-2-4-11-5-3-10-6(7)8;5-4(1-6,2-7)3-8;/h7-8H,2-5H2,1H3;6-8H,1-3,5H2;1H3. The summed E-state index contributed by atoms with van der Waals surface area (Å²) in [6, 6.07) is 0. The second-order valence-electron chi connectivity index (χ2n) is 3.64. The minimum absolute atomic E-state index is 0. The van der Waals surface area contributed by atoms with Gasteiger partial charge in [-0.2, -0.15) is 11.8 Å². The molecule has 0 aromatic heterocycles. The van der Waals surface area contributed by atoms with Crippen molar-refractivity contribution in [3.8, 4) is 0 Å². The Morgan fingerprint density at radius 2 is 1.50 bits per heavy atom. The van der Waals surface area contributed by atoms with E-state index in [1.54, 1.807) is 18.9 Å². The quantitative estimate of drug-likeness (QED) is 0.175. The molecule has 7 N–H and O–H groups in total. The van der Waals surface area contributed by atoms with E-state index in [9.17, 15) is 0 Å². The van der Waals surface area contributed by atoms with Crippen molar-refractivity contribution in [1.82, 2.24) is 0 Å². The van der Waals surface area contributed by atoms with Gasteiger partial charge in [-0.25, -0.2) is 0 Å². The number of thioether (sulfide) groups is 1. The summed E-state index contributed by atoms with van der Waals surface area (Å²) in [5.74, 6) is 1.66. The Morgan fingerprint density at radius 3 is 1.80 bits per heavy atom. The summed E-state index contributed by atoms with van der Waals surface area (Å²) >= 11 is 1.65. The van der Waals surface area contributed by atoms with Gasteiger partial charge in [0.05, 0.1) is 40.4 Å². The molecule has 0 spiro atoms. The van der Waals surface area contributed by atoms with Crippen LogP contribution < -0.4 is 5.73 Å². The molecule has 0 aliphatic carbocycles. The number of aliphatic hydroxyl groups is 3. The van der Waals surface area contributed by atoms with Crippen LogP contribution in [0.2, 0.25) is 0 Å². The number of ether oxygens (including phenoxy) is 1. The first kappa shape index (κ1) is 25.1. The van der Waals surface area contributed by atoms with Crippen molar-refractivity contribution in [2.45, 2.75) is 5.54 Å². The molecule has 20 heavy (non-hydrogen) atoms. The van der Waals surface area contributed by atoms with E-state index in [1.807, 2.05) is 0 Å². The third-order valence-electron chi connectivity index (χ3n) is 1.87. The zero-order valence-corrected chi connectivity index (χ0v) is 11.9. The zero-order valence-electron chi connectivity index (χ0n) is 11.1. The molecule has 11 heteroatoms. The van der Waals surface area contributed by atoms with Gasteiger partial charge in [-0.3, -0.25) is 0 Å². The number of hydrogen-bond donors (Lipinski definition) is 6. The van der Waals surface area contributed by atoms with E-state index < -0.39 is 32.7 Å². The second kappa shape index (κ2) is 17.2. The number of hydrogen-bond acceptors (Lipinski definition) is 9. The summed E-state index contributed by atoms with van der Waals surface area (Å²) < 4.78 is 9.28. The Balaban J connectivity index is -0.000000288.